The van der Waals surface area contributed by atoms with Gasteiger partial charge in [0.05, 0.1) is 6.54 Å². The van der Waals surface area contributed by atoms with Gasteiger partial charge in [0.15, 0.2) is 5.17 Å². The Morgan fingerprint density at radius 2 is 2.50 bits per heavy atom. The maximum atomic E-state index is 4.52. The molecule has 0 aliphatic carbocycles. The van der Waals surface area contributed by atoms with Crippen molar-refractivity contribution in [3.05, 3.63) is 0 Å². The Labute approximate surface area is 95.7 Å². The van der Waals surface area contributed by atoms with E-state index in [2.05, 4.69) is 30.4 Å². The molecule has 0 saturated heterocycles. The summed E-state index contributed by atoms with van der Waals surface area (Å²) in [6.45, 7) is 5.46. The smallest absolute Gasteiger partial charge is 0.157 e. The Morgan fingerprint density at radius 3 is 3.14 bits per heavy atom. The number of rotatable bonds is 5. The standard InChI is InChI=1S/C10H20N2S2/c1-4-5-9-6-11-10(14-9)12-8(2)7-13-3/h8-9H,4-7H2,1-3H3,(H,11,12). The van der Waals surface area contributed by atoms with Crippen molar-refractivity contribution in [1.82, 2.24) is 5.32 Å². The highest BCUT2D eigenvalue weighted by atomic mass is 32.2. The first-order valence-electron chi connectivity index (χ1n) is 5.22. The normalized spacial score (nSPS) is 23.4. The largest absolute Gasteiger partial charge is 0.362 e. The van der Waals surface area contributed by atoms with Crippen molar-refractivity contribution in [3.63, 3.8) is 0 Å². The van der Waals surface area contributed by atoms with Gasteiger partial charge in [0.2, 0.25) is 0 Å². The monoisotopic (exact) mass is 232 g/mol. The second-order valence-corrected chi connectivity index (χ2v) is 5.87. The van der Waals surface area contributed by atoms with Crippen LogP contribution in [0.15, 0.2) is 4.99 Å². The van der Waals surface area contributed by atoms with Gasteiger partial charge in [0.1, 0.15) is 0 Å². The van der Waals surface area contributed by atoms with Crippen molar-refractivity contribution in [2.45, 2.75) is 38.0 Å². The number of aliphatic imine (C=N–C) groups is 1. The summed E-state index contributed by atoms with van der Waals surface area (Å²) in [6.07, 6.45) is 4.69. The predicted molar refractivity (Wildman–Crippen MR) is 69.6 cm³/mol. The Kier molecular flexibility index (Phi) is 5.78. The van der Waals surface area contributed by atoms with Crippen LogP contribution >= 0.6 is 23.5 Å². The molecule has 2 nitrogen and oxygen atoms in total. The highest BCUT2D eigenvalue weighted by Crippen LogP contribution is 2.23. The van der Waals surface area contributed by atoms with E-state index in [0.29, 0.717) is 6.04 Å². The van der Waals surface area contributed by atoms with Crippen LogP contribution in [0.1, 0.15) is 26.7 Å². The molecule has 0 bridgehead atoms. The van der Waals surface area contributed by atoms with Gasteiger partial charge in [0.25, 0.3) is 0 Å². The van der Waals surface area contributed by atoms with Crippen molar-refractivity contribution in [1.29, 1.82) is 0 Å². The lowest BCUT2D eigenvalue weighted by Gasteiger charge is -2.13. The van der Waals surface area contributed by atoms with Crippen LogP contribution in [-0.2, 0) is 0 Å². The average molecular weight is 232 g/mol. The van der Waals surface area contributed by atoms with Gasteiger partial charge in [0, 0.05) is 17.0 Å². The van der Waals surface area contributed by atoms with Crippen LogP contribution in [-0.4, -0.2) is 35.0 Å². The lowest BCUT2D eigenvalue weighted by molar-refractivity contribution is 0.742. The predicted octanol–water partition coefficient (Wildman–Crippen LogP) is 2.60. The van der Waals surface area contributed by atoms with Crippen molar-refractivity contribution < 1.29 is 0 Å². The van der Waals surface area contributed by atoms with E-state index in [9.17, 15) is 0 Å². The topological polar surface area (TPSA) is 24.4 Å². The number of hydrogen-bond acceptors (Lipinski definition) is 4. The zero-order chi connectivity index (χ0) is 10.4. The molecule has 0 fully saturated rings. The summed E-state index contributed by atoms with van der Waals surface area (Å²) in [7, 11) is 0. The minimum Gasteiger partial charge on any atom is -0.362 e. The molecule has 0 aromatic rings. The molecule has 14 heavy (non-hydrogen) atoms. The van der Waals surface area contributed by atoms with Crippen molar-refractivity contribution in [3.8, 4) is 0 Å². The fraction of sp³-hybridized carbons (Fsp3) is 0.900. The van der Waals surface area contributed by atoms with Gasteiger partial charge < -0.3 is 5.32 Å². The molecule has 82 valence electrons. The van der Waals surface area contributed by atoms with Crippen molar-refractivity contribution >= 4 is 28.7 Å². The van der Waals surface area contributed by atoms with Gasteiger partial charge in [-0.3, -0.25) is 4.99 Å². The second kappa shape index (κ2) is 6.62. The zero-order valence-corrected chi connectivity index (χ0v) is 10.9. The van der Waals surface area contributed by atoms with Crippen LogP contribution in [0.3, 0.4) is 0 Å². The van der Waals surface area contributed by atoms with Gasteiger partial charge in [-0.1, -0.05) is 25.1 Å². The molecule has 4 heteroatoms. The molecule has 1 rings (SSSR count). The maximum Gasteiger partial charge on any atom is 0.157 e. The number of nitrogens with one attached hydrogen (secondary N) is 1. The summed E-state index contributed by atoms with van der Waals surface area (Å²) in [5, 5.41) is 5.34. The Bertz CT molecular complexity index is 195. The first kappa shape index (κ1) is 12.2. The molecule has 2 unspecified atom stereocenters. The molecule has 1 N–H and O–H groups in total. The van der Waals surface area contributed by atoms with Gasteiger partial charge in [-0.25, -0.2) is 0 Å². The summed E-state index contributed by atoms with van der Waals surface area (Å²) in [5.74, 6) is 1.15. The molecule has 0 amide bonds. The lowest BCUT2D eigenvalue weighted by Crippen LogP contribution is -2.31. The van der Waals surface area contributed by atoms with E-state index in [-0.39, 0.29) is 0 Å². The third kappa shape index (κ3) is 4.13. The first-order chi connectivity index (χ1) is 6.76. The van der Waals surface area contributed by atoms with Gasteiger partial charge in [-0.15, -0.1) is 0 Å². The highest BCUT2D eigenvalue weighted by Gasteiger charge is 2.19. The Hall–Kier alpha value is 0.170. The van der Waals surface area contributed by atoms with Gasteiger partial charge >= 0.3 is 0 Å². The number of hydrogen-bond donors (Lipinski definition) is 1. The van der Waals surface area contributed by atoms with Crippen LogP contribution in [0.25, 0.3) is 0 Å². The minimum absolute atomic E-state index is 0.539. The van der Waals surface area contributed by atoms with Crippen LogP contribution in [0.5, 0.6) is 0 Å². The van der Waals surface area contributed by atoms with Crippen LogP contribution in [0, 0.1) is 0 Å². The molecule has 1 heterocycles. The fourth-order valence-corrected chi connectivity index (χ4v) is 3.29. The number of nitrogens with zero attached hydrogens (tertiary/aromatic N) is 1. The van der Waals surface area contributed by atoms with Crippen LogP contribution in [0.4, 0.5) is 0 Å². The summed E-state index contributed by atoms with van der Waals surface area (Å²) in [6, 6.07) is 0.539. The molecule has 1 aliphatic heterocycles. The minimum atomic E-state index is 0.539. The lowest BCUT2D eigenvalue weighted by atomic mass is 10.2. The summed E-state index contributed by atoms with van der Waals surface area (Å²) in [5.41, 5.74) is 0. The third-order valence-corrected chi connectivity index (χ3v) is 4.14. The molecule has 0 spiro atoms. The van der Waals surface area contributed by atoms with Gasteiger partial charge in [-0.2, -0.15) is 11.8 Å². The van der Waals surface area contributed by atoms with Gasteiger partial charge in [-0.05, 0) is 19.6 Å². The fourth-order valence-electron chi connectivity index (χ4n) is 1.47. The number of amidine groups is 1. The molecule has 0 aromatic heterocycles. The molecular weight excluding hydrogens is 212 g/mol. The van der Waals surface area contributed by atoms with E-state index >= 15 is 0 Å². The molecule has 1 aliphatic rings. The molecular formula is C10H20N2S2. The Morgan fingerprint density at radius 1 is 1.71 bits per heavy atom. The number of thioether (sulfide) groups is 2. The molecule has 0 aromatic carbocycles. The van der Waals surface area contributed by atoms with E-state index in [1.807, 2.05) is 23.5 Å². The van der Waals surface area contributed by atoms with Crippen molar-refractivity contribution in [2.24, 2.45) is 4.99 Å². The molecule has 0 saturated carbocycles. The average Bonchev–Trinajstić information content (AvgIpc) is 2.53. The van der Waals surface area contributed by atoms with E-state index in [4.69, 9.17) is 0 Å². The van der Waals surface area contributed by atoms with E-state index in [1.165, 1.54) is 12.8 Å². The van der Waals surface area contributed by atoms with E-state index in [0.717, 1.165) is 22.7 Å². The molecule has 2 atom stereocenters. The maximum absolute atomic E-state index is 4.52. The third-order valence-electron chi connectivity index (χ3n) is 2.11. The van der Waals surface area contributed by atoms with Crippen LogP contribution in [0.2, 0.25) is 0 Å². The first-order valence-corrected chi connectivity index (χ1v) is 7.50. The molecule has 0 radical (unpaired) electrons. The second-order valence-electron chi connectivity index (χ2n) is 3.68. The van der Waals surface area contributed by atoms with Crippen molar-refractivity contribution in [2.75, 3.05) is 18.6 Å². The quantitative estimate of drug-likeness (QED) is 0.788. The summed E-state index contributed by atoms with van der Waals surface area (Å²) >= 11 is 3.80. The van der Waals surface area contributed by atoms with Crippen LogP contribution < -0.4 is 5.32 Å². The SMILES string of the molecule is CCCC1CN=C(NC(C)CSC)S1. The van der Waals surface area contributed by atoms with E-state index < -0.39 is 0 Å². The highest BCUT2D eigenvalue weighted by molar-refractivity contribution is 8.14. The summed E-state index contributed by atoms with van der Waals surface area (Å²) < 4.78 is 0. The Balaban J connectivity index is 2.21. The zero-order valence-electron chi connectivity index (χ0n) is 9.25. The van der Waals surface area contributed by atoms with E-state index in [1.54, 1.807) is 0 Å². The summed E-state index contributed by atoms with van der Waals surface area (Å²) in [4.78, 5) is 4.52.